The fraction of sp³-hybridized carbons (Fsp3) is 0.417. The third kappa shape index (κ3) is 6.11. The van der Waals surface area contributed by atoms with Crippen LogP contribution in [0, 0.1) is 0 Å². The van der Waals surface area contributed by atoms with Gasteiger partial charge >= 0.3 is 5.97 Å². The van der Waals surface area contributed by atoms with Crippen LogP contribution >= 0.6 is 0 Å². The number of hydrogen-bond acceptors (Lipinski definition) is 7. The van der Waals surface area contributed by atoms with Gasteiger partial charge in [-0.3, -0.25) is 4.18 Å². The summed E-state index contributed by atoms with van der Waals surface area (Å²) in [4.78, 5) is 16.7. The lowest BCUT2D eigenvalue weighted by molar-refractivity contribution is 0.0202. The van der Waals surface area contributed by atoms with Gasteiger partial charge in [-0.2, -0.15) is 5.48 Å². The average Bonchev–Trinajstić information content (AvgIpc) is 2.43. The summed E-state index contributed by atoms with van der Waals surface area (Å²) in [7, 11) is -1.34. The third-order valence-electron chi connectivity index (χ3n) is 2.38. The van der Waals surface area contributed by atoms with E-state index in [-0.39, 0.29) is 6.61 Å². The number of carbonyl (C=O) groups excluding carboxylic acids is 1. The Morgan fingerprint density at radius 3 is 2.70 bits per heavy atom. The largest absolute Gasteiger partial charge is 0.383 e. The van der Waals surface area contributed by atoms with Crippen molar-refractivity contribution in [1.29, 1.82) is 0 Å². The fourth-order valence-corrected chi connectivity index (χ4v) is 1.72. The molecule has 0 aliphatic carbocycles. The van der Waals surface area contributed by atoms with Gasteiger partial charge in [0.05, 0.1) is 25.3 Å². The second kappa shape index (κ2) is 9.43. The van der Waals surface area contributed by atoms with Crippen molar-refractivity contribution in [1.82, 2.24) is 5.48 Å². The molecule has 0 saturated carbocycles. The molecule has 0 saturated heterocycles. The van der Waals surface area contributed by atoms with E-state index in [0.29, 0.717) is 30.7 Å². The quantitative estimate of drug-likeness (QED) is 0.379. The average molecular weight is 303 g/mol. The van der Waals surface area contributed by atoms with Gasteiger partial charge in [-0.25, -0.2) is 13.2 Å². The highest BCUT2D eigenvalue weighted by Crippen LogP contribution is 2.11. The first-order valence-corrected chi connectivity index (χ1v) is 7.03. The lowest BCUT2D eigenvalue weighted by Gasteiger charge is -2.09. The van der Waals surface area contributed by atoms with Gasteiger partial charge in [-0.15, -0.1) is 0 Å². The van der Waals surface area contributed by atoms with Gasteiger partial charge in [0.2, 0.25) is 0 Å². The Morgan fingerprint density at radius 2 is 2.00 bits per heavy atom. The minimum atomic E-state index is -2.88. The number of benzene rings is 1. The first-order chi connectivity index (χ1) is 9.65. The topological polar surface area (TPSA) is 90.9 Å². The van der Waals surface area contributed by atoms with Crippen LogP contribution in [0.1, 0.15) is 15.9 Å². The molecule has 7 nitrogen and oxygen atoms in total. The lowest BCUT2D eigenvalue weighted by Crippen LogP contribution is -2.24. The maximum atomic E-state index is 11.8. The molecule has 1 rings (SSSR count). The van der Waals surface area contributed by atoms with Crippen LogP contribution < -0.4 is 5.48 Å². The Morgan fingerprint density at radius 1 is 1.25 bits per heavy atom. The van der Waals surface area contributed by atoms with Crippen molar-refractivity contribution >= 4 is 17.0 Å². The molecule has 1 aromatic carbocycles. The molecule has 0 heterocycles. The highest BCUT2D eigenvalue weighted by atomic mass is 32.2. The van der Waals surface area contributed by atoms with E-state index in [1.165, 1.54) is 0 Å². The van der Waals surface area contributed by atoms with E-state index in [0.717, 1.165) is 0 Å². The van der Waals surface area contributed by atoms with Crippen molar-refractivity contribution in [3.63, 3.8) is 0 Å². The highest BCUT2D eigenvalue weighted by molar-refractivity contribution is 7.67. The number of ether oxygens (including phenoxy) is 1. The van der Waals surface area contributed by atoms with E-state index in [1.54, 1.807) is 31.4 Å². The predicted octanol–water partition coefficient (Wildman–Crippen LogP) is 0.0799. The molecule has 0 amide bonds. The standard InChI is InChI=1S/C12H17NO6S/c1-17-9-7-13-19-12(14)11-5-3-2-4-10(11)6-8-18-20(15)16/h2-5,13,20H,6-9H2,1H3. The monoisotopic (exact) mass is 303 g/mol. The number of methoxy groups -OCH3 is 1. The Labute approximate surface area is 118 Å². The van der Waals surface area contributed by atoms with E-state index < -0.39 is 17.0 Å². The van der Waals surface area contributed by atoms with Crippen LogP contribution in [0.5, 0.6) is 0 Å². The first-order valence-electron chi connectivity index (χ1n) is 5.93. The summed E-state index contributed by atoms with van der Waals surface area (Å²) in [6.45, 7) is 0.781. The van der Waals surface area contributed by atoms with Gasteiger partial charge in [0.25, 0.3) is 11.0 Å². The van der Waals surface area contributed by atoms with Gasteiger partial charge in [0.1, 0.15) is 0 Å². The van der Waals surface area contributed by atoms with Crippen LogP contribution in [-0.2, 0) is 31.2 Å². The molecule has 0 unspecified atom stereocenters. The highest BCUT2D eigenvalue weighted by Gasteiger charge is 2.12. The number of hydroxylamine groups is 1. The normalized spacial score (nSPS) is 10.7. The zero-order chi connectivity index (χ0) is 14.8. The van der Waals surface area contributed by atoms with Crippen molar-refractivity contribution in [3.8, 4) is 0 Å². The summed E-state index contributed by atoms with van der Waals surface area (Å²) in [6, 6.07) is 6.77. The van der Waals surface area contributed by atoms with Crippen LogP contribution in [0.2, 0.25) is 0 Å². The van der Waals surface area contributed by atoms with Crippen molar-refractivity contribution in [2.45, 2.75) is 6.42 Å². The fourth-order valence-electron chi connectivity index (χ4n) is 1.48. The molecule has 8 heteroatoms. The molecule has 1 aromatic rings. The second-order valence-electron chi connectivity index (χ2n) is 3.74. The number of rotatable bonds is 9. The molecule has 0 aliphatic rings. The zero-order valence-electron chi connectivity index (χ0n) is 11.0. The Balaban J connectivity index is 2.57. The van der Waals surface area contributed by atoms with Gasteiger partial charge in [0.15, 0.2) is 0 Å². The van der Waals surface area contributed by atoms with Gasteiger partial charge in [0, 0.05) is 7.11 Å². The molecule has 0 bridgehead atoms. The van der Waals surface area contributed by atoms with Crippen molar-refractivity contribution in [2.75, 3.05) is 26.9 Å². The number of nitrogens with one attached hydrogen (secondary N) is 1. The zero-order valence-corrected chi connectivity index (χ0v) is 11.9. The minimum Gasteiger partial charge on any atom is -0.383 e. The molecule has 0 atom stereocenters. The second-order valence-corrected chi connectivity index (χ2v) is 4.45. The van der Waals surface area contributed by atoms with Crippen LogP contribution in [-0.4, -0.2) is 41.3 Å². The van der Waals surface area contributed by atoms with Crippen molar-refractivity contribution < 1.29 is 27.0 Å². The molecule has 0 spiro atoms. The molecule has 0 aromatic heterocycles. The summed E-state index contributed by atoms with van der Waals surface area (Å²) in [5.74, 6) is -0.539. The van der Waals surface area contributed by atoms with E-state index in [4.69, 9.17) is 9.57 Å². The van der Waals surface area contributed by atoms with E-state index >= 15 is 0 Å². The maximum absolute atomic E-state index is 11.8. The molecule has 0 fully saturated rings. The van der Waals surface area contributed by atoms with Gasteiger partial charge < -0.3 is 9.57 Å². The van der Waals surface area contributed by atoms with Crippen LogP contribution in [0.15, 0.2) is 24.3 Å². The predicted molar refractivity (Wildman–Crippen MR) is 71.7 cm³/mol. The molecular weight excluding hydrogens is 286 g/mol. The smallest absolute Gasteiger partial charge is 0.357 e. The number of thiol groups is 1. The Kier molecular flexibility index (Phi) is 7.81. The number of hydrogen-bond donors (Lipinski definition) is 2. The number of carbonyl (C=O) groups is 1. The summed E-state index contributed by atoms with van der Waals surface area (Å²) in [6.07, 6.45) is 0.298. The van der Waals surface area contributed by atoms with E-state index in [2.05, 4.69) is 9.66 Å². The molecule has 0 radical (unpaired) electrons. The van der Waals surface area contributed by atoms with E-state index in [1.807, 2.05) is 0 Å². The van der Waals surface area contributed by atoms with Crippen LogP contribution in [0.3, 0.4) is 0 Å². The summed E-state index contributed by atoms with van der Waals surface area (Å²) >= 11 is 0. The molecule has 112 valence electrons. The van der Waals surface area contributed by atoms with Gasteiger partial charge in [-0.1, -0.05) is 18.2 Å². The lowest BCUT2D eigenvalue weighted by atomic mass is 10.1. The van der Waals surface area contributed by atoms with Crippen LogP contribution in [0.4, 0.5) is 0 Å². The Hall–Kier alpha value is -1.48. The molecule has 1 N–H and O–H groups in total. The third-order valence-corrected chi connectivity index (χ3v) is 2.77. The summed E-state index contributed by atoms with van der Waals surface area (Å²) in [5, 5.41) is 0. The molecule has 0 aliphatic heterocycles. The van der Waals surface area contributed by atoms with Crippen LogP contribution in [0.25, 0.3) is 0 Å². The molecular formula is C12H17NO6S. The molecule has 20 heavy (non-hydrogen) atoms. The summed E-state index contributed by atoms with van der Waals surface area (Å²) < 4.78 is 29.9. The minimum absolute atomic E-state index is 0.0138. The Bertz CT molecular complexity index is 494. The van der Waals surface area contributed by atoms with Gasteiger partial charge in [-0.05, 0) is 18.1 Å². The van der Waals surface area contributed by atoms with E-state index in [9.17, 15) is 13.2 Å². The van der Waals surface area contributed by atoms with Crippen molar-refractivity contribution in [3.05, 3.63) is 35.4 Å². The van der Waals surface area contributed by atoms with Crippen molar-refractivity contribution in [2.24, 2.45) is 0 Å². The first kappa shape index (κ1) is 16.6. The summed E-state index contributed by atoms with van der Waals surface area (Å²) in [5.41, 5.74) is 3.50. The SMILES string of the molecule is COCCNOC(=O)c1ccccc1CCO[SH](=O)=O. The maximum Gasteiger partial charge on any atom is 0.357 e.